The van der Waals surface area contributed by atoms with Gasteiger partial charge < -0.3 is 28.7 Å². The first-order valence-electron chi connectivity index (χ1n) is 23.8. The van der Waals surface area contributed by atoms with Crippen LogP contribution in [0.2, 0.25) is 0 Å². The van der Waals surface area contributed by atoms with Gasteiger partial charge in [-0.25, -0.2) is 0 Å². The molecule has 12 heteroatoms. The summed E-state index contributed by atoms with van der Waals surface area (Å²) in [4.78, 5) is 32.9. The van der Waals surface area contributed by atoms with Crippen molar-refractivity contribution < 1.29 is 18.9 Å². The fourth-order valence-electron chi connectivity index (χ4n) is 10.2. The van der Waals surface area contributed by atoms with Crippen molar-refractivity contribution in [3.63, 3.8) is 0 Å². The molecule has 2 aromatic heterocycles. The molecule has 3 aliphatic heterocycles. The Kier molecular flexibility index (Phi) is 9.85. The van der Waals surface area contributed by atoms with Crippen LogP contribution in [0.1, 0.15) is 49.9 Å². The minimum Gasteiger partial charge on any atom is -0.424 e. The largest absolute Gasteiger partial charge is 0.424 e. The molecule has 5 heterocycles. The second kappa shape index (κ2) is 16.6. The summed E-state index contributed by atoms with van der Waals surface area (Å²) in [7, 11) is 0. The number of hydrogen-bond acceptors (Lipinski definition) is 12. The lowest BCUT2D eigenvalue weighted by atomic mass is 9.73. The molecule has 0 spiro atoms. The van der Waals surface area contributed by atoms with E-state index in [0.717, 1.165) is 45.3 Å². The molecule has 12 nitrogen and oxygen atoms in total. The molecule has 0 saturated carbocycles. The Labute approximate surface area is 415 Å². The minimum atomic E-state index is -0.170. The van der Waals surface area contributed by atoms with Crippen molar-refractivity contribution in [2.24, 2.45) is 0 Å². The summed E-state index contributed by atoms with van der Waals surface area (Å²) in [6, 6.07) is 64.8. The Bertz CT molecular complexity index is 3330. The standard InChI is InChI=1S/C60H44N8O4/c1-59(2)45-19-5-9-23-49(45)67(50-24-10-6-20-46(50)59)39-31-27-37(28-32-39)53-61-55-65-56(62-53)70-42-16-14-18-44(36-42)72-58-64-54(63-57(66-58)71-43-17-13-15-41(35-43)69-55)38-29-33-40(34-30-38)68-51-25-11-7-21-47(51)60(3,4)48-22-8-12-26-52(48)68/h5-36H,1-4H3. The molecule has 0 saturated heterocycles. The van der Waals surface area contributed by atoms with Crippen molar-refractivity contribution in [1.29, 1.82) is 0 Å². The minimum absolute atomic E-state index is 0.0188. The molecule has 8 aromatic carbocycles. The lowest BCUT2D eigenvalue weighted by molar-refractivity contribution is 0.381. The summed E-state index contributed by atoms with van der Waals surface area (Å²) in [6.07, 6.45) is 0. The first kappa shape index (κ1) is 42.7. The quantitative estimate of drug-likeness (QED) is 0.167. The Morgan fingerprint density at radius 1 is 0.306 bits per heavy atom. The first-order valence-corrected chi connectivity index (χ1v) is 23.8. The molecule has 0 unspecified atom stereocenters. The molecule has 13 rings (SSSR count). The third-order valence-electron chi connectivity index (χ3n) is 13.7. The lowest BCUT2D eigenvalue weighted by Gasteiger charge is -2.42. The van der Waals surface area contributed by atoms with Crippen molar-refractivity contribution in [2.45, 2.75) is 38.5 Å². The molecular formula is C60H44N8O4. The van der Waals surface area contributed by atoms with Crippen LogP contribution in [0.15, 0.2) is 194 Å². The van der Waals surface area contributed by atoms with Crippen LogP contribution < -0.4 is 28.7 Å². The molecule has 0 aliphatic carbocycles. The van der Waals surface area contributed by atoms with E-state index in [4.69, 9.17) is 38.9 Å². The summed E-state index contributed by atoms with van der Waals surface area (Å²) >= 11 is 0. The third-order valence-corrected chi connectivity index (χ3v) is 13.7. The summed E-state index contributed by atoms with van der Waals surface area (Å²) in [6.45, 7) is 9.12. The van der Waals surface area contributed by atoms with Gasteiger partial charge in [0.2, 0.25) is 0 Å². The summed E-state index contributed by atoms with van der Waals surface area (Å²) < 4.78 is 25.4. The maximum absolute atomic E-state index is 6.35. The monoisotopic (exact) mass is 940 g/mol. The number of benzene rings is 8. The highest BCUT2D eigenvalue weighted by Gasteiger charge is 2.38. The number of aromatic nitrogens is 6. The molecule has 0 radical (unpaired) electrons. The fraction of sp³-hybridized carbons (Fsp3) is 0.100. The average molecular weight is 941 g/mol. The highest BCUT2D eigenvalue weighted by molar-refractivity contribution is 5.88. The molecule has 10 aromatic rings. The van der Waals surface area contributed by atoms with Gasteiger partial charge in [-0.3, -0.25) is 0 Å². The van der Waals surface area contributed by atoms with Gasteiger partial charge in [-0.2, -0.15) is 19.9 Å². The number of anilines is 6. The number of nitrogens with zero attached hydrogens (tertiary/aromatic N) is 8. The van der Waals surface area contributed by atoms with E-state index in [-0.39, 0.29) is 34.9 Å². The molecule has 0 N–H and O–H groups in total. The van der Waals surface area contributed by atoms with Gasteiger partial charge in [0.25, 0.3) is 0 Å². The van der Waals surface area contributed by atoms with Gasteiger partial charge in [0.05, 0.1) is 22.7 Å². The molecule has 0 amide bonds. The van der Waals surface area contributed by atoms with E-state index < -0.39 is 0 Å². The van der Waals surface area contributed by atoms with Gasteiger partial charge in [-0.05, 0) is 119 Å². The van der Waals surface area contributed by atoms with Crippen molar-refractivity contribution in [3.8, 4) is 69.8 Å². The van der Waals surface area contributed by atoms with Gasteiger partial charge in [0.15, 0.2) is 11.6 Å². The molecule has 72 heavy (non-hydrogen) atoms. The van der Waals surface area contributed by atoms with Crippen LogP contribution in [0.5, 0.6) is 47.0 Å². The smallest absolute Gasteiger partial charge is 0.328 e. The van der Waals surface area contributed by atoms with Crippen LogP contribution in [-0.2, 0) is 10.8 Å². The molecule has 348 valence electrons. The second-order valence-corrected chi connectivity index (χ2v) is 18.9. The van der Waals surface area contributed by atoms with E-state index >= 15 is 0 Å². The Morgan fingerprint density at radius 2 is 0.583 bits per heavy atom. The second-order valence-electron chi connectivity index (χ2n) is 18.9. The van der Waals surface area contributed by atoms with Crippen molar-refractivity contribution in [1.82, 2.24) is 29.9 Å². The molecule has 3 aliphatic rings. The average Bonchev–Trinajstić information content (AvgIpc) is 3.39. The van der Waals surface area contributed by atoms with Gasteiger partial charge >= 0.3 is 24.0 Å². The number of fused-ring (bicyclic) bond motifs is 12. The van der Waals surface area contributed by atoms with Crippen LogP contribution >= 0.6 is 0 Å². The Balaban J connectivity index is 0.828. The van der Waals surface area contributed by atoms with Crippen LogP contribution in [0.3, 0.4) is 0 Å². The summed E-state index contributed by atoms with van der Waals surface area (Å²) in [5.41, 5.74) is 12.7. The predicted octanol–water partition coefficient (Wildman–Crippen LogP) is 15.1. The third kappa shape index (κ3) is 7.39. The first-order chi connectivity index (χ1) is 35.1. The van der Waals surface area contributed by atoms with E-state index in [9.17, 15) is 0 Å². The lowest BCUT2D eigenvalue weighted by Crippen LogP contribution is -2.30. The highest BCUT2D eigenvalue weighted by atomic mass is 16.5. The molecule has 0 atom stereocenters. The Morgan fingerprint density at radius 3 is 0.875 bits per heavy atom. The summed E-state index contributed by atoms with van der Waals surface area (Å²) in [5.74, 6) is 2.30. The normalized spacial score (nSPS) is 14.4. The number of para-hydroxylation sites is 4. The van der Waals surface area contributed by atoms with Crippen LogP contribution in [-0.4, -0.2) is 29.9 Å². The SMILES string of the molecule is CC1(C)c2ccccc2N(c2ccc(-c3nc4nc(n3)Oc3cccc(c3)Oc3nc(nc(-c5ccc(N6c7ccccc7C(C)(C)c7ccccc76)cc5)n3)Oc3cccc(c3)O4)cc2)c2ccccc21. The van der Waals surface area contributed by atoms with Gasteiger partial charge in [-0.15, -0.1) is 9.97 Å². The van der Waals surface area contributed by atoms with Crippen LogP contribution in [0.4, 0.5) is 34.1 Å². The van der Waals surface area contributed by atoms with Gasteiger partial charge in [0, 0.05) is 45.5 Å². The Hall–Kier alpha value is -9.42. The van der Waals surface area contributed by atoms with E-state index in [2.05, 4.69) is 169 Å². The zero-order chi connectivity index (χ0) is 48.6. The maximum Gasteiger partial charge on any atom is 0.328 e. The molecule has 8 bridgehead atoms. The zero-order valence-corrected chi connectivity index (χ0v) is 39.7. The summed E-state index contributed by atoms with van der Waals surface area (Å²) in [5, 5.41) is 0. The highest BCUT2D eigenvalue weighted by Crippen LogP contribution is 2.53. The van der Waals surface area contributed by atoms with E-state index in [0.29, 0.717) is 34.6 Å². The topological polar surface area (TPSA) is 121 Å². The van der Waals surface area contributed by atoms with E-state index in [1.54, 1.807) is 48.5 Å². The van der Waals surface area contributed by atoms with Crippen molar-refractivity contribution in [2.75, 3.05) is 9.80 Å². The molecule has 0 fully saturated rings. The zero-order valence-electron chi connectivity index (χ0n) is 39.7. The number of ether oxygens (including phenoxy) is 4. The molecular weight excluding hydrogens is 897 g/mol. The van der Waals surface area contributed by atoms with Crippen molar-refractivity contribution in [3.05, 3.63) is 216 Å². The van der Waals surface area contributed by atoms with E-state index in [1.165, 1.54) is 22.3 Å². The van der Waals surface area contributed by atoms with E-state index in [1.807, 2.05) is 24.3 Å². The number of rotatable bonds is 4. The van der Waals surface area contributed by atoms with Gasteiger partial charge in [-0.1, -0.05) is 113 Å². The fourth-order valence-corrected chi connectivity index (χ4v) is 10.2. The van der Waals surface area contributed by atoms with Crippen LogP contribution in [0, 0.1) is 0 Å². The van der Waals surface area contributed by atoms with Gasteiger partial charge in [0.1, 0.15) is 23.0 Å². The predicted molar refractivity (Wildman–Crippen MR) is 277 cm³/mol. The van der Waals surface area contributed by atoms with Crippen molar-refractivity contribution >= 4 is 34.1 Å². The maximum atomic E-state index is 6.35. The van der Waals surface area contributed by atoms with Crippen LogP contribution in [0.25, 0.3) is 22.8 Å². The number of hydrogen-bond donors (Lipinski definition) is 0.